The third kappa shape index (κ3) is 2.40. The van der Waals surface area contributed by atoms with Gasteiger partial charge in [0.05, 0.1) is 17.3 Å². The van der Waals surface area contributed by atoms with Crippen molar-refractivity contribution >= 4 is 23.1 Å². The number of nitrogens with one attached hydrogen (secondary N) is 1. The number of hydrogen-bond acceptors (Lipinski definition) is 6. The molecule has 3 N–H and O–H groups in total. The van der Waals surface area contributed by atoms with Crippen molar-refractivity contribution in [1.29, 1.82) is 0 Å². The van der Waals surface area contributed by atoms with Crippen LogP contribution in [0.5, 0.6) is 0 Å². The summed E-state index contributed by atoms with van der Waals surface area (Å²) in [4.78, 5) is 8.08. The van der Waals surface area contributed by atoms with Crippen molar-refractivity contribution < 1.29 is 4.52 Å². The number of halogens is 1. The molecule has 0 aliphatic carbocycles. The Balaban J connectivity index is 2.04. The van der Waals surface area contributed by atoms with E-state index in [2.05, 4.69) is 20.4 Å². The van der Waals surface area contributed by atoms with Crippen LogP contribution in [0.15, 0.2) is 16.8 Å². The molecule has 0 aromatic carbocycles. The average Bonchev–Trinajstić information content (AvgIpc) is 2.63. The second-order valence-electron chi connectivity index (χ2n) is 3.18. The maximum Gasteiger partial charge on any atom is 0.245 e. The number of rotatable bonds is 3. The Hall–Kier alpha value is -1.82. The summed E-state index contributed by atoms with van der Waals surface area (Å²) in [6.45, 7) is 2.13. The lowest BCUT2D eigenvalue weighted by atomic mass is 10.4. The summed E-state index contributed by atoms with van der Waals surface area (Å²) in [7, 11) is 0. The van der Waals surface area contributed by atoms with E-state index in [9.17, 15) is 0 Å². The highest BCUT2D eigenvalue weighted by molar-refractivity contribution is 6.30. The quantitative estimate of drug-likeness (QED) is 0.846. The molecule has 0 aliphatic rings. The zero-order valence-electron chi connectivity index (χ0n) is 8.57. The monoisotopic (exact) mass is 239 g/mol. The van der Waals surface area contributed by atoms with E-state index in [-0.39, 0.29) is 0 Å². The van der Waals surface area contributed by atoms with E-state index in [1.807, 2.05) is 0 Å². The van der Waals surface area contributed by atoms with Gasteiger partial charge in [-0.25, -0.2) is 4.98 Å². The molecule has 0 fully saturated rings. The van der Waals surface area contributed by atoms with E-state index in [1.165, 1.54) is 6.20 Å². The Kier molecular flexibility index (Phi) is 2.91. The third-order valence-electron chi connectivity index (χ3n) is 1.86. The molecule has 0 radical (unpaired) electrons. The van der Waals surface area contributed by atoms with Crippen LogP contribution >= 0.6 is 11.6 Å². The van der Waals surface area contributed by atoms with Crippen molar-refractivity contribution in [3.8, 4) is 0 Å². The highest BCUT2D eigenvalue weighted by Gasteiger charge is 2.05. The first-order valence-electron chi connectivity index (χ1n) is 4.59. The summed E-state index contributed by atoms with van der Waals surface area (Å²) in [5.74, 6) is 1.61. The Labute approximate surface area is 96.8 Å². The van der Waals surface area contributed by atoms with Crippen LogP contribution in [0.3, 0.4) is 0 Å². The Morgan fingerprint density at radius 1 is 1.56 bits per heavy atom. The molecule has 84 valence electrons. The van der Waals surface area contributed by atoms with Gasteiger partial charge < -0.3 is 15.6 Å². The van der Waals surface area contributed by atoms with Crippen molar-refractivity contribution in [3.63, 3.8) is 0 Å². The van der Waals surface area contributed by atoms with E-state index >= 15 is 0 Å². The zero-order valence-corrected chi connectivity index (χ0v) is 9.32. The van der Waals surface area contributed by atoms with Gasteiger partial charge in [0.2, 0.25) is 5.89 Å². The number of anilines is 2. The number of nitrogen functional groups attached to an aromatic ring is 1. The van der Waals surface area contributed by atoms with Crippen molar-refractivity contribution in [2.24, 2.45) is 0 Å². The van der Waals surface area contributed by atoms with Gasteiger partial charge in [-0.15, -0.1) is 0 Å². The molecule has 0 saturated heterocycles. The smallest absolute Gasteiger partial charge is 0.245 e. The Morgan fingerprint density at radius 2 is 2.38 bits per heavy atom. The summed E-state index contributed by atoms with van der Waals surface area (Å²) in [6, 6.07) is 1.62. The Bertz CT molecular complexity index is 498. The first-order valence-corrected chi connectivity index (χ1v) is 4.97. The number of aryl methyl sites for hydroxylation is 1. The molecule has 6 nitrogen and oxygen atoms in total. The van der Waals surface area contributed by atoms with Gasteiger partial charge in [-0.2, -0.15) is 4.98 Å². The van der Waals surface area contributed by atoms with Crippen LogP contribution in [0, 0.1) is 6.92 Å². The molecule has 0 spiro atoms. The van der Waals surface area contributed by atoms with Gasteiger partial charge in [-0.3, -0.25) is 0 Å². The highest BCUT2D eigenvalue weighted by Crippen LogP contribution is 2.19. The first-order chi connectivity index (χ1) is 7.65. The fourth-order valence-electron chi connectivity index (χ4n) is 1.17. The van der Waals surface area contributed by atoms with Crippen molar-refractivity contribution in [1.82, 2.24) is 15.1 Å². The van der Waals surface area contributed by atoms with Crippen molar-refractivity contribution in [2.75, 3.05) is 11.1 Å². The highest BCUT2D eigenvalue weighted by atomic mass is 35.5. The van der Waals surface area contributed by atoms with Gasteiger partial charge in [-0.1, -0.05) is 16.8 Å². The number of hydrogen-bond donors (Lipinski definition) is 2. The largest absolute Gasteiger partial charge is 0.396 e. The standard InChI is InChI=1S/C9H10ClN5O/c1-5-14-8(16-15-5)4-13-9-7(11)2-6(10)3-12-9/h2-3H,4,11H2,1H3,(H,12,13). The van der Waals surface area contributed by atoms with E-state index < -0.39 is 0 Å². The van der Waals surface area contributed by atoms with Crippen molar-refractivity contribution in [3.05, 3.63) is 29.0 Å². The lowest BCUT2D eigenvalue weighted by molar-refractivity contribution is 0.379. The van der Waals surface area contributed by atoms with Crippen LogP contribution in [-0.4, -0.2) is 15.1 Å². The Morgan fingerprint density at radius 3 is 3.00 bits per heavy atom. The number of nitrogens with two attached hydrogens (primary N) is 1. The lowest BCUT2D eigenvalue weighted by Crippen LogP contribution is -2.04. The van der Waals surface area contributed by atoms with E-state index in [1.54, 1.807) is 13.0 Å². The van der Waals surface area contributed by atoms with Crippen molar-refractivity contribution in [2.45, 2.75) is 13.5 Å². The molecule has 7 heteroatoms. The number of nitrogens with zero attached hydrogens (tertiary/aromatic N) is 3. The minimum atomic E-state index is 0.375. The predicted molar refractivity (Wildman–Crippen MR) is 60.0 cm³/mol. The second kappa shape index (κ2) is 4.36. The van der Waals surface area contributed by atoms with Gasteiger partial charge >= 0.3 is 0 Å². The predicted octanol–water partition coefficient (Wildman–Crippen LogP) is 1.62. The second-order valence-corrected chi connectivity index (χ2v) is 3.62. The molecule has 16 heavy (non-hydrogen) atoms. The molecule has 2 heterocycles. The van der Waals surface area contributed by atoms with Gasteiger partial charge in [0, 0.05) is 6.20 Å². The fourth-order valence-corrected chi connectivity index (χ4v) is 1.34. The SMILES string of the molecule is Cc1noc(CNc2ncc(Cl)cc2N)n1. The average molecular weight is 240 g/mol. The zero-order chi connectivity index (χ0) is 11.5. The van der Waals surface area contributed by atoms with Crippen LogP contribution in [0.1, 0.15) is 11.7 Å². The van der Waals surface area contributed by atoms with E-state index in [4.69, 9.17) is 21.9 Å². The summed E-state index contributed by atoms with van der Waals surface area (Å²) >= 11 is 5.73. The van der Waals surface area contributed by atoms with E-state index in [0.29, 0.717) is 34.8 Å². The molecular formula is C9H10ClN5O. The summed E-state index contributed by atoms with van der Waals surface area (Å²) in [5, 5.41) is 7.14. The topological polar surface area (TPSA) is 89.9 Å². The summed E-state index contributed by atoms with van der Waals surface area (Å²) < 4.78 is 4.93. The minimum absolute atomic E-state index is 0.375. The molecule has 0 amide bonds. The molecule has 0 bridgehead atoms. The molecular weight excluding hydrogens is 230 g/mol. The fraction of sp³-hybridized carbons (Fsp3) is 0.222. The molecule has 0 aliphatic heterocycles. The van der Waals surface area contributed by atoms with Crippen LogP contribution in [0.25, 0.3) is 0 Å². The van der Waals surface area contributed by atoms with Gasteiger partial charge in [-0.05, 0) is 13.0 Å². The maximum atomic E-state index is 5.73. The molecule has 0 unspecified atom stereocenters. The normalized spacial score (nSPS) is 10.4. The molecule has 2 aromatic rings. The molecule has 2 rings (SSSR count). The summed E-state index contributed by atoms with van der Waals surface area (Å²) in [5.41, 5.74) is 6.19. The molecule has 2 aromatic heterocycles. The minimum Gasteiger partial charge on any atom is -0.396 e. The first kappa shape index (κ1) is 10.7. The van der Waals surface area contributed by atoms with Gasteiger partial charge in [0.1, 0.15) is 5.82 Å². The van der Waals surface area contributed by atoms with Gasteiger partial charge in [0.25, 0.3) is 0 Å². The van der Waals surface area contributed by atoms with Crippen LogP contribution in [0.4, 0.5) is 11.5 Å². The van der Waals surface area contributed by atoms with Gasteiger partial charge in [0.15, 0.2) is 5.82 Å². The van der Waals surface area contributed by atoms with E-state index in [0.717, 1.165) is 0 Å². The third-order valence-corrected chi connectivity index (χ3v) is 2.07. The van der Waals surface area contributed by atoms with Crippen LogP contribution in [-0.2, 0) is 6.54 Å². The molecule has 0 atom stereocenters. The number of aromatic nitrogens is 3. The van der Waals surface area contributed by atoms with Crippen LogP contribution < -0.4 is 11.1 Å². The van der Waals surface area contributed by atoms with Crippen LogP contribution in [0.2, 0.25) is 5.02 Å². The molecule has 0 saturated carbocycles. The number of pyridine rings is 1. The maximum absolute atomic E-state index is 5.73. The summed E-state index contributed by atoms with van der Waals surface area (Å²) in [6.07, 6.45) is 1.51. The lowest BCUT2D eigenvalue weighted by Gasteiger charge is -2.05.